The van der Waals surface area contributed by atoms with Gasteiger partial charge in [-0.25, -0.2) is 0 Å². The number of nitrogens with two attached hydrogens (primary N) is 1. The molecule has 0 aromatic heterocycles. The molecule has 1 fully saturated rings. The summed E-state index contributed by atoms with van der Waals surface area (Å²) in [5.41, 5.74) is 6.94. The Balaban J connectivity index is 2.45. The fourth-order valence-corrected chi connectivity index (χ4v) is 2.64. The maximum absolute atomic E-state index is 12.7. The van der Waals surface area contributed by atoms with E-state index in [2.05, 4.69) is 0 Å². The van der Waals surface area contributed by atoms with Crippen molar-refractivity contribution >= 4 is 5.78 Å². The summed E-state index contributed by atoms with van der Waals surface area (Å²) in [6.07, 6.45) is 2.79. The Morgan fingerprint density at radius 3 is 2.32 bits per heavy atom. The summed E-state index contributed by atoms with van der Waals surface area (Å²) in [5.74, 6) is 1.38. The fraction of sp³-hybridized carbons (Fsp3) is 0.533. The zero-order valence-corrected chi connectivity index (χ0v) is 11.8. The zero-order valence-electron chi connectivity index (χ0n) is 11.8. The number of carbonyl (C=O) groups excluding carboxylic acids is 1. The molecule has 0 aliphatic heterocycles. The van der Waals surface area contributed by atoms with E-state index in [9.17, 15) is 4.79 Å². The number of hydrogen-bond acceptors (Lipinski definition) is 4. The topological polar surface area (TPSA) is 61.5 Å². The van der Waals surface area contributed by atoms with Gasteiger partial charge < -0.3 is 15.2 Å². The SMILES string of the molecule is COc1cc(C(=O)C2(CN)CCC2)c(OC)cc1C. The summed E-state index contributed by atoms with van der Waals surface area (Å²) in [4.78, 5) is 12.7. The molecule has 0 radical (unpaired) electrons. The maximum atomic E-state index is 12.7. The van der Waals surface area contributed by atoms with E-state index >= 15 is 0 Å². The lowest BCUT2D eigenvalue weighted by Crippen LogP contribution is -2.44. The normalized spacial score (nSPS) is 16.6. The molecule has 0 heterocycles. The maximum Gasteiger partial charge on any atom is 0.174 e. The quantitative estimate of drug-likeness (QED) is 0.828. The molecule has 0 saturated heterocycles. The Kier molecular flexibility index (Phi) is 3.80. The third-order valence-corrected chi connectivity index (χ3v) is 4.14. The van der Waals surface area contributed by atoms with Crippen LogP contribution in [0.4, 0.5) is 0 Å². The molecule has 0 unspecified atom stereocenters. The van der Waals surface area contributed by atoms with Gasteiger partial charge >= 0.3 is 0 Å². The Morgan fingerprint density at radius 1 is 1.26 bits per heavy atom. The Hall–Kier alpha value is -1.55. The van der Waals surface area contributed by atoms with E-state index in [4.69, 9.17) is 15.2 Å². The highest BCUT2D eigenvalue weighted by atomic mass is 16.5. The molecule has 4 nitrogen and oxygen atoms in total. The lowest BCUT2D eigenvalue weighted by molar-refractivity contribution is 0.0632. The first-order valence-corrected chi connectivity index (χ1v) is 6.55. The number of benzene rings is 1. The molecular formula is C15H21NO3. The third-order valence-electron chi connectivity index (χ3n) is 4.14. The van der Waals surface area contributed by atoms with Crippen molar-refractivity contribution in [3.8, 4) is 11.5 Å². The van der Waals surface area contributed by atoms with Crippen molar-refractivity contribution in [3.05, 3.63) is 23.3 Å². The van der Waals surface area contributed by atoms with Gasteiger partial charge in [-0.3, -0.25) is 4.79 Å². The van der Waals surface area contributed by atoms with Gasteiger partial charge in [0.25, 0.3) is 0 Å². The zero-order chi connectivity index (χ0) is 14.0. The van der Waals surface area contributed by atoms with Crippen LogP contribution in [0, 0.1) is 12.3 Å². The number of Topliss-reactive ketones (excluding diaryl/α,β-unsaturated/α-hetero) is 1. The number of hydrogen-bond donors (Lipinski definition) is 1. The van der Waals surface area contributed by atoms with E-state index in [1.54, 1.807) is 20.3 Å². The monoisotopic (exact) mass is 263 g/mol. The van der Waals surface area contributed by atoms with Gasteiger partial charge in [0.05, 0.1) is 19.8 Å². The summed E-state index contributed by atoms with van der Waals surface area (Å²) in [5, 5.41) is 0. The predicted octanol–water partition coefficient (Wildman–Crippen LogP) is 2.32. The van der Waals surface area contributed by atoms with Crippen molar-refractivity contribution in [1.82, 2.24) is 0 Å². The van der Waals surface area contributed by atoms with E-state index < -0.39 is 5.41 Å². The lowest BCUT2D eigenvalue weighted by Gasteiger charge is -2.39. The number of aryl methyl sites for hydroxylation is 1. The molecule has 0 bridgehead atoms. The fourth-order valence-electron chi connectivity index (χ4n) is 2.64. The standard InChI is InChI=1S/C15H21NO3/c1-10-7-13(19-3)11(8-12(10)18-2)14(17)15(9-16)5-4-6-15/h7-8H,4-6,9,16H2,1-3H3. The van der Waals surface area contributed by atoms with E-state index in [0.29, 0.717) is 23.6 Å². The molecule has 0 amide bonds. The minimum atomic E-state index is -0.395. The second-order valence-electron chi connectivity index (χ2n) is 5.19. The van der Waals surface area contributed by atoms with Crippen molar-refractivity contribution < 1.29 is 14.3 Å². The minimum Gasteiger partial charge on any atom is -0.496 e. The summed E-state index contributed by atoms with van der Waals surface area (Å²) >= 11 is 0. The van der Waals surface area contributed by atoms with Gasteiger partial charge in [-0.05, 0) is 37.5 Å². The van der Waals surface area contributed by atoms with Crippen molar-refractivity contribution in [3.63, 3.8) is 0 Å². The van der Waals surface area contributed by atoms with Crippen LogP contribution in [-0.4, -0.2) is 26.5 Å². The van der Waals surface area contributed by atoms with Gasteiger partial charge in [-0.2, -0.15) is 0 Å². The minimum absolute atomic E-state index is 0.0800. The van der Waals surface area contributed by atoms with Crippen molar-refractivity contribution in [1.29, 1.82) is 0 Å². The molecule has 2 rings (SSSR count). The number of carbonyl (C=O) groups is 1. The van der Waals surface area contributed by atoms with Gasteiger partial charge in [0.1, 0.15) is 11.5 Å². The first kappa shape index (κ1) is 13.9. The van der Waals surface area contributed by atoms with Crippen molar-refractivity contribution in [2.45, 2.75) is 26.2 Å². The molecule has 1 aromatic rings. The Labute approximate surface area is 113 Å². The molecule has 2 N–H and O–H groups in total. The number of ether oxygens (including phenoxy) is 2. The predicted molar refractivity (Wildman–Crippen MR) is 74.0 cm³/mol. The highest BCUT2D eigenvalue weighted by Gasteiger charge is 2.44. The van der Waals surface area contributed by atoms with Crippen molar-refractivity contribution in [2.24, 2.45) is 11.1 Å². The summed E-state index contributed by atoms with van der Waals surface area (Å²) in [7, 11) is 3.18. The molecule has 1 aromatic carbocycles. The molecule has 4 heteroatoms. The number of ketones is 1. The molecule has 1 aliphatic carbocycles. The van der Waals surface area contributed by atoms with E-state index in [0.717, 1.165) is 24.8 Å². The van der Waals surface area contributed by atoms with Crippen LogP contribution in [0.25, 0.3) is 0 Å². The lowest BCUT2D eigenvalue weighted by atomic mass is 9.64. The highest BCUT2D eigenvalue weighted by molar-refractivity contribution is 6.04. The average molecular weight is 263 g/mol. The largest absolute Gasteiger partial charge is 0.496 e. The Morgan fingerprint density at radius 2 is 1.89 bits per heavy atom. The summed E-state index contributed by atoms with van der Waals surface area (Å²) < 4.78 is 10.6. The van der Waals surface area contributed by atoms with E-state index in [-0.39, 0.29) is 5.78 Å². The van der Waals surface area contributed by atoms with Gasteiger partial charge in [0.15, 0.2) is 5.78 Å². The van der Waals surface area contributed by atoms with Crippen LogP contribution in [0.15, 0.2) is 12.1 Å². The van der Waals surface area contributed by atoms with Gasteiger partial charge in [-0.1, -0.05) is 6.42 Å². The van der Waals surface area contributed by atoms with Crippen LogP contribution in [0.1, 0.15) is 35.2 Å². The molecule has 1 saturated carbocycles. The van der Waals surface area contributed by atoms with Gasteiger partial charge in [0.2, 0.25) is 0 Å². The molecule has 1 aliphatic rings. The first-order valence-electron chi connectivity index (χ1n) is 6.55. The van der Waals surface area contributed by atoms with Crippen molar-refractivity contribution in [2.75, 3.05) is 20.8 Å². The van der Waals surface area contributed by atoms with Crippen LogP contribution in [-0.2, 0) is 0 Å². The number of methoxy groups -OCH3 is 2. The second-order valence-corrected chi connectivity index (χ2v) is 5.19. The average Bonchev–Trinajstić information content (AvgIpc) is 2.37. The smallest absolute Gasteiger partial charge is 0.174 e. The molecule has 0 atom stereocenters. The molecular weight excluding hydrogens is 242 g/mol. The molecule has 19 heavy (non-hydrogen) atoms. The Bertz CT molecular complexity index is 487. The number of rotatable bonds is 5. The molecule has 104 valence electrons. The van der Waals surface area contributed by atoms with Crippen LogP contribution in [0.5, 0.6) is 11.5 Å². The van der Waals surface area contributed by atoms with Crippen LogP contribution < -0.4 is 15.2 Å². The summed E-state index contributed by atoms with van der Waals surface area (Å²) in [6.45, 7) is 2.32. The second kappa shape index (κ2) is 5.21. The first-order chi connectivity index (χ1) is 9.07. The highest BCUT2D eigenvalue weighted by Crippen LogP contribution is 2.44. The molecule has 0 spiro atoms. The van der Waals surface area contributed by atoms with Crippen LogP contribution in [0.3, 0.4) is 0 Å². The van der Waals surface area contributed by atoms with E-state index in [1.807, 2.05) is 13.0 Å². The third kappa shape index (κ3) is 2.21. The van der Waals surface area contributed by atoms with Gasteiger partial charge in [0, 0.05) is 12.0 Å². The summed E-state index contributed by atoms with van der Waals surface area (Å²) in [6, 6.07) is 3.61. The van der Waals surface area contributed by atoms with E-state index in [1.165, 1.54) is 0 Å². The van der Waals surface area contributed by atoms with Gasteiger partial charge in [-0.15, -0.1) is 0 Å². The van der Waals surface area contributed by atoms with Crippen LogP contribution in [0.2, 0.25) is 0 Å². The van der Waals surface area contributed by atoms with Crippen LogP contribution >= 0.6 is 0 Å².